The lowest BCUT2D eigenvalue weighted by Crippen LogP contribution is -3.00. The molecule has 16 heavy (non-hydrogen) atoms. The monoisotopic (exact) mass is 277 g/mol. The molecule has 0 aliphatic carbocycles. The standard InChI is InChI=1S/C12H12N3.BrH/c1-3-7-13-11(5-1)15-10-9-14-8-4-2-6-12(14)15;/h1-8H,9-10H2;1H/q+1;/p-1. The lowest BCUT2D eigenvalue weighted by molar-refractivity contribution is -0.670. The van der Waals surface area contributed by atoms with E-state index in [0.29, 0.717) is 0 Å². The minimum atomic E-state index is 0. The van der Waals surface area contributed by atoms with E-state index in [2.05, 4.69) is 38.8 Å². The average Bonchev–Trinajstić information content (AvgIpc) is 2.74. The number of aromatic nitrogens is 2. The highest BCUT2D eigenvalue weighted by atomic mass is 79.9. The van der Waals surface area contributed by atoms with Crippen molar-refractivity contribution in [2.45, 2.75) is 6.54 Å². The fraction of sp³-hybridized carbons (Fsp3) is 0.167. The van der Waals surface area contributed by atoms with Crippen LogP contribution in [0.1, 0.15) is 0 Å². The minimum absolute atomic E-state index is 0. The third-order valence-electron chi connectivity index (χ3n) is 2.68. The van der Waals surface area contributed by atoms with Gasteiger partial charge < -0.3 is 17.0 Å². The van der Waals surface area contributed by atoms with Gasteiger partial charge in [0.2, 0.25) is 5.82 Å². The highest BCUT2D eigenvalue weighted by molar-refractivity contribution is 5.53. The third kappa shape index (κ3) is 1.80. The van der Waals surface area contributed by atoms with Crippen LogP contribution in [-0.4, -0.2) is 11.5 Å². The van der Waals surface area contributed by atoms with Gasteiger partial charge in [-0.1, -0.05) is 12.1 Å². The molecule has 3 heterocycles. The van der Waals surface area contributed by atoms with Crippen LogP contribution in [0.3, 0.4) is 0 Å². The fourth-order valence-corrected chi connectivity index (χ4v) is 1.97. The van der Waals surface area contributed by atoms with Crippen molar-refractivity contribution in [2.24, 2.45) is 0 Å². The Bertz CT molecular complexity index is 473. The molecule has 2 aromatic heterocycles. The van der Waals surface area contributed by atoms with Gasteiger partial charge in [-0.25, -0.2) is 14.5 Å². The van der Waals surface area contributed by atoms with Gasteiger partial charge in [0.25, 0.3) is 5.82 Å². The molecular formula is C12H12BrN3. The molecule has 3 nitrogen and oxygen atoms in total. The van der Waals surface area contributed by atoms with Gasteiger partial charge >= 0.3 is 0 Å². The topological polar surface area (TPSA) is 20.0 Å². The summed E-state index contributed by atoms with van der Waals surface area (Å²) < 4.78 is 2.24. The van der Waals surface area contributed by atoms with Gasteiger partial charge in [0, 0.05) is 18.3 Å². The number of rotatable bonds is 1. The van der Waals surface area contributed by atoms with Crippen molar-refractivity contribution < 1.29 is 21.5 Å². The van der Waals surface area contributed by atoms with E-state index < -0.39 is 0 Å². The van der Waals surface area contributed by atoms with Crippen molar-refractivity contribution in [3.8, 4) is 0 Å². The van der Waals surface area contributed by atoms with Crippen LogP contribution in [0.15, 0.2) is 48.8 Å². The quantitative estimate of drug-likeness (QED) is 0.593. The highest BCUT2D eigenvalue weighted by Crippen LogP contribution is 2.22. The Morgan fingerprint density at radius 1 is 1.12 bits per heavy atom. The van der Waals surface area contributed by atoms with E-state index >= 15 is 0 Å². The largest absolute Gasteiger partial charge is 1.00 e. The zero-order valence-electron chi connectivity index (χ0n) is 8.75. The van der Waals surface area contributed by atoms with E-state index in [9.17, 15) is 0 Å². The first-order valence-corrected chi connectivity index (χ1v) is 5.12. The molecule has 4 heteroatoms. The van der Waals surface area contributed by atoms with Crippen LogP contribution < -0.4 is 26.4 Å². The summed E-state index contributed by atoms with van der Waals surface area (Å²) in [5, 5.41) is 0. The van der Waals surface area contributed by atoms with E-state index in [0.717, 1.165) is 18.9 Å². The smallest absolute Gasteiger partial charge is 0.283 e. The maximum atomic E-state index is 4.37. The molecule has 0 amide bonds. The number of anilines is 2. The van der Waals surface area contributed by atoms with Crippen molar-refractivity contribution in [3.63, 3.8) is 0 Å². The molecule has 1 aliphatic rings. The number of hydrogen-bond donors (Lipinski definition) is 0. The van der Waals surface area contributed by atoms with Crippen LogP contribution in [0.4, 0.5) is 11.6 Å². The number of pyridine rings is 2. The molecule has 0 saturated heterocycles. The molecule has 0 unspecified atom stereocenters. The number of halogens is 1. The Balaban J connectivity index is 0.000000963. The summed E-state index contributed by atoms with van der Waals surface area (Å²) in [4.78, 5) is 6.61. The molecule has 82 valence electrons. The highest BCUT2D eigenvalue weighted by Gasteiger charge is 2.28. The molecule has 3 rings (SSSR count). The molecule has 0 fully saturated rings. The first-order chi connectivity index (χ1) is 7.45. The van der Waals surface area contributed by atoms with E-state index in [1.807, 2.05) is 24.4 Å². The molecule has 0 radical (unpaired) electrons. The summed E-state index contributed by atoms with van der Waals surface area (Å²) in [6, 6.07) is 12.3. The van der Waals surface area contributed by atoms with Crippen LogP contribution in [-0.2, 0) is 6.54 Å². The maximum Gasteiger partial charge on any atom is 0.283 e. The van der Waals surface area contributed by atoms with Crippen molar-refractivity contribution in [3.05, 3.63) is 48.8 Å². The van der Waals surface area contributed by atoms with Gasteiger partial charge in [-0.3, -0.25) is 0 Å². The summed E-state index contributed by atoms with van der Waals surface area (Å²) >= 11 is 0. The Morgan fingerprint density at radius 2 is 2.00 bits per heavy atom. The number of hydrogen-bond acceptors (Lipinski definition) is 2. The first-order valence-electron chi connectivity index (χ1n) is 5.12. The van der Waals surface area contributed by atoms with Crippen molar-refractivity contribution >= 4 is 11.6 Å². The third-order valence-corrected chi connectivity index (χ3v) is 2.68. The molecule has 0 atom stereocenters. The van der Waals surface area contributed by atoms with E-state index in [1.165, 1.54) is 5.82 Å². The predicted octanol–water partition coefficient (Wildman–Crippen LogP) is -1.48. The lowest BCUT2D eigenvalue weighted by Gasteiger charge is -2.07. The Labute approximate surface area is 105 Å². The molecule has 0 saturated carbocycles. The molecule has 0 N–H and O–H groups in total. The minimum Gasteiger partial charge on any atom is -1.00 e. The number of fused-ring (bicyclic) bond motifs is 1. The summed E-state index contributed by atoms with van der Waals surface area (Å²) in [7, 11) is 0. The van der Waals surface area contributed by atoms with Gasteiger partial charge in [-0.05, 0) is 12.1 Å². The molecule has 0 bridgehead atoms. The normalized spacial score (nSPS) is 13.1. The second-order valence-corrected chi connectivity index (χ2v) is 3.59. The van der Waals surface area contributed by atoms with Crippen LogP contribution in [0.2, 0.25) is 0 Å². The van der Waals surface area contributed by atoms with Crippen molar-refractivity contribution in [2.75, 3.05) is 11.4 Å². The van der Waals surface area contributed by atoms with E-state index in [4.69, 9.17) is 0 Å². The molecule has 2 aromatic rings. The van der Waals surface area contributed by atoms with Gasteiger partial charge in [0.15, 0.2) is 0 Å². The van der Waals surface area contributed by atoms with Gasteiger partial charge in [0.1, 0.15) is 13.1 Å². The summed E-state index contributed by atoms with van der Waals surface area (Å²) in [6.07, 6.45) is 3.94. The summed E-state index contributed by atoms with van der Waals surface area (Å²) in [5.74, 6) is 2.24. The molecular weight excluding hydrogens is 266 g/mol. The zero-order valence-corrected chi connectivity index (χ0v) is 10.3. The molecule has 1 aliphatic heterocycles. The SMILES string of the molecule is [Br-].c1ccc(N2CC[n+]3ccccc32)nc1. The predicted molar refractivity (Wildman–Crippen MR) is 57.9 cm³/mol. The first kappa shape index (κ1) is 11.1. The molecule has 0 spiro atoms. The zero-order chi connectivity index (χ0) is 10.1. The molecule has 0 aromatic carbocycles. The van der Waals surface area contributed by atoms with E-state index in [1.54, 1.807) is 0 Å². The van der Waals surface area contributed by atoms with Crippen molar-refractivity contribution in [1.29, 1.82) is 0 Å². The second kappa shape index (κ2) is 4.61. The van der Waals surface area contributed by atoms with Gasteiger partial charge in [-0.2, -0.15) is 0 Å². The van der Waals surface area contributed by atoms with Gasteiger partial charge in [-0.15, -0.1) is 0 Å². The Morgan fingerprint density at radius 3 is 2.81 bits per heavy atom. The Kier molecular flexibility index (Phi) is 3.19. The van der Waals surface area contributed by atoms with Crippen LogP contribution >= 0.6 is 0 Å². The summed E-state index contributed by atoms with van der Waals surface area (Å²) in [6.45, 7) is 2.04. The van der Waals surface area contributed by atoms with Crippen LogP contribution in [0, 0.1) is 0 Å². The lowest BCUT2D eigenvalue weighted by atomic mass is 10.4. The van der Waals surface area contributed by atoms with Gasteiger partial charge in [0.05, 0.1) is 6.20 Å². The fourth-order valence-electron chi connectivity index (χ4n) is 1.97. The summed E-state index contributed by atoms with van der Waals surface area (Å²) in [5.41, 5.74) is 0. The Hall–Kier alpha value is -1.42. The second-order valence-electron chi connectivity index (χ2n) is 3.59. The van der Waals surface area contributed by atoms with Crippen LogP contribution in [0.5, 0.6) is 0 Å². The average molecular weight is 278 g/mol. The number of nitrogens with zero attached hydrogens (tertiary/aromatic N) is 3. The maximum absolute atomic E-state index is 4.37. The van der Waals surface area contributed by atoms with E-state index in [-0.39, 0.29) is 17.0 Å². The van der Waals surface area contributed by atoms with Crippen LogP contribution in [0.25, 0.3) is 0 Å². The van der Waals surface area contributed by atoms with Crippen molar-refractivity contribution in [1.82, 2.24) is 4.98 Å².